The van der Waals surface area contributed by atoms with Crippen molar-refractivity contribution in [3.63, 3.8) is 0 Å². The SMILES string of the molecule is Fc1ccccc1CCn1cnnc1C1CCNCC1. The summed E-state index contributed by atoms with van der Waals surface area (Å²) in [5, 5.41) is 11.7. The van der Waals surface area contributed by atoms with Gasteiger partial charge in [-0.3, -0.25) is 0 Å². The Hall–Kier alpha value is -1.75. The number of rotatable bonds is 4. The van der Waals surface area contributed by atoms with Crippen LogP contribution in [0, 0.1) is 5.82 Å². The Kier molecular flexibility index (Phi) is 4.06. The van der Waals surface area contributed by atoms with Crippen LogP contribution in [0.25, 0.3) is 0 Å². The Labute approximate surface area is 118 Å². The van der Waals surface area contributed by atoms with Crippen molar-refractivity contribution in [2.24, 2.45) is 0 Å². The fourth-order valence-electron chi connectivity index (χ4n) is 2.77. The van der Waals surface area contributed by atoms with E-state index in [1.807, 2.05) is 12.1 Å². The van der Waals surface area contributed by atoms with E-state index in [-0.39, 0.29) is 5.82 Å². The molecule has 1 aliphatic rings. The molecule has 1 aromatic heterocycles. The fraction of sp³-hybridized carbons (Fsp3) is 0.467. The van der Waals surface area contributed by atoms with Gasteiger partial charge in [0.2, 0.25) is 0 Å². The number of nitrogens with one attached hydrogen (secondary N) is 1. The number of benzene rings is 1. The molecule has 1 fully saturated rings. The highest BCUT2D eigenvalue weighted by Crippen LogP contribution is 2.23. The van der Waals surface area contributed by atoms with Gasteiger partial charge in [-0.05, 0) is 44.0 Å². The van der Waals surface area contributed by atoms with E-state index in [4.69, 9.17) is 0 Å². The summed E-state index contributed by atoms with van der Waals surface area (Å²) in [6.45, 7) is 2.79. The van der Waals surface area contributed by atoms with Crippen molar-refractivity contribution in [2.75, 3.05) is 13.1 Å². The molecule has 1 aliphatic heterocycles. The molecule has 0 atom stereocenters. The van der Waals surface area contributed by atoms with E-state index in [2.05, 4.69) is 20.1 Å². The zero-order valence-electron chi connectivity index (χ0n) is 11.4. The van der Waals surface area contributed by atoms with E-state index in [1.54, 1.807) is 12.4 Å². The van der Waals surface area contributed by atoms with E-state index in [9.17, 15) is 4.39 Å². The maximum Gasteiger partial charge on any atom is 0.136 e. The molecule has 1 N–H and O–H groups in total. The van der Waals surface area contributed by atoms with Crippen molar-refractivity contribution >= 4 is 0 Å². The molecule has 0 bridgehead atoms. The van der Waals surface area contributed by atoms with Gasteiger partial charge in [-0.15, -0.1) is 10.2 Å². The highest BCUT2D eigenvalue weighted by atomic mass is 19.1. The lowest BCUT2D eigenvalue weighted by Crippen LogP contribution is -2.28. The second-order valence-corrected chi connectivity index (χ2v) is 5.25. The highest BCUT2D eigenvalue weighted by molar-refractivity contribution is 5.17. The first-order valence-electron chi connectivity index (χ1n) is 7.16. The van der Waals surface area contributed by atoms with Gasteiger partial charge in [-0.1, -0.05) is 18.2 Å². The molecule has 1 saturated heterocycles. The third-order valence-corrected chi connectivity index (χ3v) is 3.93. The van der Waals surface area contributed by atoms with Gasteiger partial charge in [0.1, 0.15) is 18.0 Å². The third-order valence-electron chi connectivity index (χ3n) is 3.93. The molecule has 2 aromatic rings. The Balaban J connectivity index is 1.69. The lowest BCUT2D eigenvalue weighted by molar-refractivity contribution is 0.429. The molecular formula is C15H19FN4. The topological polar surface area (TPSA) is 42.7 Å². The predicted octanol–water partition coefficient (Wildman–Crippen LogP) is 2.13. The second kappa shape index (κ2) is 6.13. The smallest absolute Gasteiger partial charge is 0.136 e. The molecule has 0 aliphatic carbocycles. The van der Waals surface area contributed by atoms with Crippen molar-refractivity contribution in [1.29, 1.82) is 0 Å². The van der Waals surface area contributed by atoms with E-state index in [1.165, 1.54) is 6.07 Å². The maximum absolute atomic E-state index is 13.6. The number of aryl methyl sites for hydroxylation is 2. The van der Waals surface area contributed by atoms with Crippen molar-refractivity contribution in [1.82, 2.24) is 20.1 Å². The normalized spacial score (nSPS) is 16.4. The fourth-order valence-corrected chi connectivity index (χ4v) is 2.77. The molecule has 0 amide bonds. The molecule has 5 heteroatoms. The Bertz CT molecular complexity index is 561. The van der Waals surface area contributed by atoms with Gasteiger partial charge < -0.3 is 9.88 Å². The van der Waals surface area contributed by atoms with Crippen LogP contribution in [-0.4, -0.2) is 27.9 Å². The van der Waals surface area contributed by atoms with Gasteiger partial charge in [-0.25, -0.2) is 4.39 Å². The maximum atomic E-state index is 13.6. The lowest BCUT2D eigenvalue weighted by Gasteiger charge is -2.22. The van der Waals surface area contributed by atoms with E-state index in [0.717, 1.165) is 43.9 Å². The van der Waals surface area contributed by atoms with Crippen molar-refractivity contribution in [3.8, 4) is 0 Å². The summed E-state index contributed by atoms with van der Waals surface area (Å²) >= 11 is 0. The van der Waals surface area contributed by atoms with E-state index >= 15 is 0 Å². The van der Waals surface area contributed by atoms with Crippen LogP contribution in [0.1, 0.15) is 30.1 Å². The summed E-state index contributed by atoms with van der Waals surface area (Å²) in [6.07, 6.45) is 4.62. The average molecular weight is 274 g/mol. The molecule has 4 nitrogen and oxygen atoms in total. The quantitative estimate of drug-likeness (QED) is 0.928. The first-order valence-corrected chi connectivity index (χ1v) is 7.16. The van der Waals surface area contributed by atoms with E-state index < -0.39 is 0 Å². The molecule has 0 radical (unpaired) electrons. The van der Waals surface area contributed by atoms with Crippen LogP contribution in [0.3, 0.4) is 0 Å². The Morgan fingerprint density at radius 1 is 1.25 bits per heavy atom. The average Bonchev–Trinajstić information content (AvgIpc) is 2.96. The first-order chi connectivity index (χ1) is 9.84. The van der Waals surface area contributed by atoms with Crippen molar-refractivity contribution in [3.05, 3.63) is 47.8 Å². The van der Waals surface area contributed by atoms with Crippen LogP contribution in [0.5, 0.6) is 0 Å². The monoisotopic (exact) mass is 274 g/mol. The number of hydrogen-bond acceptors (Lipinski definition) is 3. The standard InChI is InChI=1S/C15H19FN4/c16-14-4-2-1-3-12(14)7-10-20-11-18-19-15(20)13-5-8-17-9-6-13/h1-4,11,13,17H,5-10H2. The minimum absolute atomic E-state index is 0.135. The van der Waals surface area contributed by atoms with Crippen LogP contribution in [0.15, 0.2) is 30.6 Å². The summed E-state index contributed by atoms with van der Waals surface area (Å²) in [5.74, 6) is 1.38. The highest BCUT2D eigenvalue weighted by Gasteiger charge is 2.20. The molecule has 106 valence electrons. The van der Waals surface area contributed by atoms with Crippen LogP contribution >= 0.6 is 0 Å². The Morgan fingerprint density at radius 2 is 2.05 bits per heavy atom. The van der Waals surface area contributed by atoms with Crippen LogP contribution in [-0.2, 0) is 13.0 Å². The minimum Gasteiger partial charge on any atom is -0.317 e. The van der Waals surface area contributed by atoms with Crippen LogP contribution in [0.4, 0.5) is 4.39 Å². The number of halogens is 1. The molecule has 0 spiro atoms. The molecular weight excluding hydrogens is 255 g/mol. The van der Waals surface area contributed by atoms with Gasteiger partial charge in [0, 0.05) is 12.5 Å². The first kappa shape index (κ1) is 13.2. The Morgan fingerprint density at radius 3 is 2.85 bits per heavy atom. The van der Waals surface area contributed by atoms with Gasteiger partial charge in [0.25, 0.3) is 0 Å². The van der Waals surface area contributed by atoms with Gasteiger partial charge in [0.05, 0.1) is 0 Å². The van der Waals surface area contributed by atoms with Crippen LogP contribution in [0.2, 0.25) is 0 Å². The van der Waals surface area contributed by atoms with E-state index in [0.29, 0.717) is 12.3 Å². The predicted molar refractivity (Wildman–Crippen MR) is 75.0 cm³/mol. The molecule has 0 unspecified atom stereocenters. The second-order valence-electron chi connectivity index (χ2n) is 5.25. The summed E-state index contributed by atoms with van der Waals surface area (Å²) < 4.78 is 15.7. The summed E-state index contributed by atoms with van der Waals surface area (Å²) in [5.41, 5.74) is 0.748. The van der Waals surface area contributed by atoms with Crippen LogP contribution < -0.4 is 5.32 Å². The summed E-state index contributed by atoms with van der Waals surface area (Å²) in [7, 11) is 0. The lowest BCUT2D eigenvalue weighted by atomic mass is 9.97. The zero-order valence-corrected chi connectivity index (χ0v) is 11.4. The van der Waals surface area contributed by atoms with Crippen molar-refractivity contribution < 1.29 is 4.39 Å². The van der Waals surface area contributed by atoms with Gasteiger partial charge in [0.15, 0.2) is 0 Å². The number of hydrogen-bond donors (Lipinski definition) is 1. The zero-order chi connectivity index (χ0) is 13.8. The summed E-state index contributed by atoms with van der Waals surface area (Å²) in [6, 6.07) is 6.94. The number of piperidine rings is 1. The van der Waals surface area contributed by atoms with Gasteiger partial charge >= 0.3 is 0 Å². The largest absolute Gasteiger partial charge is 0.317 e. The van der Waals surface area contributed by atoms with Gasteiger partial charge in [-0.2, -0.15) is 0 Å². The molecule has 0 saturated carbocycles. The minimum atomic E-state index is -0.135. The summed E-state index contributed by atoms with van der Waals surface area (Å²) in [4.78, 5) is 0. The molecule has 3 rings (SSSR count). The third kappa shape index (κ3) is 2.88. The molecule has 20 heavy (non-hydrogen) atoms. The number of nitrogens with zero attached hydrogens (tertiary/aromatic N) is 3. The molecule has 1 aromatic carbocycles. The molecule has 2 heterocycles. The van der Waals surface area contributed by atoms with Crippen molar-refractivity contribution in [2.45, 2.75) is 31.7 Å². The number of aromatic nitrogens is 3.